The number of hydrogen-bond donors (Lipinski definition) is 2. The summed E-state index contributed by atoms with van der Waals surface area (Å²) >= 11 is 12.0. The lowest BCUT2D eigenvalue weighted by molar-refractivity contribution is -0.121. The third-order valence-electron chi connectivity index (χ3n) is 2.07. The third-order valence-corrected chi connectivity index (χ3v) is 2.70. The quantitative estimate of drug-likeness (QED) is 0.865. The highest BCUT2D eigenvalue weighted by Gasteiger charge is 2.06. The molecule has 0 aliphatic rings. The van der Waals surface area contributed by atoms with Crippen LogP contribution in [0.5, 0.6) is 0 Å². The van der Waals surface area contributed by atoms with Crippen LogP contribution in [0.15, 0.2) is 18.2 Å². The number of anilines is 1. The molecule has 0 fully saturated rings. The molecule has 17 heavy (non-hydrogen) atoms. The maximum Gasteiger partial charge on any atom is 0.221 e. The first-order chi connectivity index (χ1) is 8.00. The van der Waals surface area contributed by atoms with E-state index in [1.165, 1.54) is 0 Å². The van der Waals surface area contributed by atoms with E-state index in [2.05, 4.69) is 10.6 Å². The number of benzene rings is 1. The predicted octanol–water partition coefficient (Wildman–Crippen LogP) is 3.32. The molecular formula is C12H16Cl2N2O. The zero-order chi connectivity index (χ0) is 12.8. The fourth-order valence-corrected chi connectivity index (χ4v) is 1.89. The molecule has 0 saturated carbocycles. The van der Waals surface area contributed by atoms with Gasteiger partial charge in [0.2, 0.25) is 5.91 Å². The third kappa shape index (κ3) is 4.84. The van der Waals surface area contributed by atoms with Gasteiger partial charge in [-0.15, -0.1) is 0 Å². The minimum atomic E-state index is 0.00989. The number of amides is 1. The summed E-state index contributed by atoms with van der Waals surface area (Å²) in [5.74, 6) is 0.00989. The van der Waals surface area contributed by atoms with Crippen LogP contribution in [0.3, 0.4) is 0 Å². The van der Waals surface area contributed by atoms with E-state index in [0.29, 0.717) is 28.7 Å². The first-order valence-corrected chi connectivity index (χ1v) is 6.23. The van der Waals surface area contributed by atoms with Crippen molar-refractivity contribution in [3.05, 3.63) is 28.2 Å². The Labute approximate surface area is 111 Å². The van der Waals surface area contributed by atoms with Crippen LogP contribution >= 0.6 is 23.2 Å². The first-order valence-electron chi connectivity index (χ1n) is 5.48. The SMILES string of the molecule is CC(C)NC(=O)CCNc1c(Cl)cccc1Cl. The van der Waals surface area contributed by atoms with Gasteiger partial charge in [-0.3, -0.25) is 4.79 Å². The average molecular weight is 275 g/mol. The van der Waals surface area contributed by atoms with Gasteiger partial charge in [0.05, 0.1) is 15.7 Å². The second-order valence-corrected chi connectivity index (χ2v) is 4.81. The van der Waals surface area contributed by atoms with Crippen molar-refractivity contribution in [3.8, 4) is 0 Å². The molecule has 1 aromatic carbocycles. The Balaban J connectivity index is 2.43. The average Bonchev–Trinajstić information content (AvgIpc) is 2.21. The topological polar surface area (TPSA) is 41.1 Å². The van der Waals surface area contributed by atoms with Gasteiger partial charge in [-0.1, -0.05) is 29.3 Å². The molecule has 0 spiro atoms. The van der Waals surface area contributed by atoms with Gasteiger partial charge in [0.25, 0.3) is 0 Å². The first kappa shape index (κ1) is 14.1. The molecule has 1 rings (SSSR count). The number of halogens is 2. The number of hydrogen-bond acceptors (Lipinski definition) is 2. The van der Waals surface area contributed by atoms with Crippen LogP contribution in [-0.2, 0) is 4.79 Å². The van der Waals surface area contributed by atoms with E-state index in [9.17, 15) is 4.79 Å². The van der Waals surface area contributed by atoms with Gasteiger partial charge in [-0.05, 0) is 26.0 Å². The van der Waals surface area contributed by atoms with Crippen LogP contribution in [0, 0.1) is 0 Å². The Morgan fingerprint density at radius 1 is 1.29 bits per heavy atom. The van der Waals surface area contributed by atoms with Gasteiger partial charge >= 0.3 is 0 Å². The smallest absolute Gasteiger partial charge is 0.221 e. The van der Waals surface area contributed by atoms with E-state index in [-0.39, 0.29) is 11.9 Å². The highest BCUT2D eigenvalue weighted by atomic mass is 35.5. The van der Waals surface area contributed by atoms with Crippen molar-refractivity contribution in [2.45, 2.75) is 26.3 Å². The molecule has 94 valence electrons. The van der Waals surface area contributed by atoms with Gasteiger partial charge < -0.3 is 10.6 Å². The van der Waals surface area contributed by atoms with Crippen LogP contribution in [0.4, 0.5) is 5.69 Å². The second-order valence-electron chi connectivity index (χ2n) is 4.00. The fraction of sp³-hybridized carbons (Fsp3) is 0.417. The molecule has 0 heterocycles. The minimum Gasteiger partial charge on any atom is -0.382 e. The maximum absolute atomic E-state index is 11.4. The summed E-state index contributed by atoms with van der Waals surface area (Å²) in [6.45, 7) is 4.36. The number of carbonyl (C=O) groups excluding carboxylic acids is 1. The van der Waals surface area contributed by atoms with E-state index in [1.807, 2.05) is 13.8 Å². The number of carbonyl (C=O) groups is 1. The van der Waals surface area contributed by atoms with Crippen molar-refractivity contribution in [2.24, 2.45) is 0 Å². The molecule has 0 bridgehead atoms. The summed E-state index contributed by atoms with van der Waals surface area (Å²) in [6, 6.07) is 5.45. The van der Waals surface area contributed by atoms with Gasteiger partial charge in [0.15, 0.2) is 0 Å². The lowest BCUT2D eigenvalue weighted by Gasteiger charge is -2.11. The van der Waals surface area contributed by atoms with Crippen LogP contribution in [0.2, 0.25) is 10.0 Å². The Bertz CT molecular complexity index is 374. The molecule has 1 amide bonds. The molecule has 0 saturated heterocycles. The molecule has 0 unspecified atom stereocenters. The Kier molecular flexibility index (Phi) is 5.59. The molecule has 0 aliphatic carbocycles. The summed E-state index contributed by atoms with van der Waals surface area (Å²) in [6.07, 6.45) is 0.389. The summed E-state index contributed by atoms with van der Waals surface area (Å²) in [7, 11) is 0. The zero-order valence-electron chi connectivity index (χ0n) is 9.89. The fourth-order valence-electron chi connectivity index (χ4n) is 1.36. The molecule has 2 N–H and O–H groups in total. The number of para-hydroxylation sites is 1. The van der Waals surface area contributed by atoms with E-state index >= 15 is 0 Å². The lowest BCUT2D eigenvalue weighted by atomic mass is 10.3. The highest BCUT2D eigenvalue weighted by molar-refractivity contribution is 6.39. The van der Waals surface area contributed by atoms with E-state index in [4.69, 9.17) is 23.2 Å². The van der Waals surface area contributed by atoms with E-state index < -0.39 is 0 Å². The minimum absolute atomic E-state index is 0.00989. The Morgan fingerprint density at radius 3 is 2.41 bits per heavy atom. The van der Waals surface area contributed by atoms with Crippen molar-refractivity contribution >= 4 is 34.8 Å². The highest BCUT2D eigenvalue weighted by Crippen LogP contribution is 2.29. The van der Waals surface area contributed by atoms with Crippen molar-refractivity contribution in [1.29, 1.82) is 0 Å². The van der Waals surface area contributed by atoms with Crippen molar-refractivity contribution in [2.75, 3.05) is 11.9 Å². The maximum atomic E-state index is 11.4. The van der Waals surface area contributed by atoms with Crippen molar-refractivity contribution < 1.29 is 4.79 Å². The van der Waals surface area contributed by atoms with Gasteiger partial charge in [0, 0.05) is 19.0 Å². The molecule has 3 nitrogen and oxygen atoms in total. The molecule has 0 atom stereocenters. The van der Waals surface area contributed by atoms with E-state index in [1.54, 1.807) is 18.2 Å². The molecule has 5 heteroatoms. The second kappa shape index (κ2) is 6.72. The normalized spacial score (nSPS) is 10.4. The van der Waals surface area contributed by atoms with Crippen LogP contribution in [-0.4, -0.2) is 18.5 Å². The molecule has 0 aromatic heterocycles. The molecule has 0 aliphatic heterocycles. The zero-order valence-corrected chi connectivity index (χ0v) is 11.4. The standard InChI is InChI=1S/C12H16Cl2N2O/c1-8(2)16-11(17)6-7-15-12-9(13)4-3-5-10(12)14/h3-5,8,15H,6-7H2,1-2H3,(H,16,17). The number of rotatable bonds is 5. The van der Waals surface area contributed by atoms with Crippen molar-refractivity contribution in [1.82, 2.24) is 5.32 Å². The van der Waals surface area contributed by atoms with Gasteiger partial charge in [0.1, 0.15) is 0 Å². The Morgan fingerprint density at radius 2 is 1.88 bits per heavy atom. The van der Waals surface area contributed by atoms with Gasteiger partial charge in [-0.2, -0.15) is 0 Å². The summed E-state index contributed by atoms with van der Waals surface area (Å²) < 4.78 is 0. The van der Waals surface area contributed by atoms with Crippen molar-refractivity contribution in [3.63, 3.8) is 0 Å². The lowest BCUT2D eigenvalue weighted by Crippen LogP contribution is -2.31. The van der Waals surface area contributed by atoms with E-state index in [0.717, 1.165) is 0 Å². The van der Waals surface area contributed by atoms with Crippen LogP contribution < -0.4 is 10.6 Å². The molecule has 0 radical (unpaired) electrons. The molecular weight excluding hydrogens is 259 g/mol. The summed E-state index contributed by atoms with van der Waals surface area (Å²) in [4.78, 5) is 11.4. The monoisotopic (exact) mass is 274 g/mol. The van der Waals surface area contributed by atoms with Gasteiger partial charge in [-0.25, -0.2) is 0 Å². The summed E-state index contributed by atoms with van der Waals surface area (Å²) in [5.41, 5.74) is 0.674. The molecule has 1 aromatic rings. The summed E-state index contributed by atoms with van der Waals surface area (Å²) in [5, 5.41) is 6.99. The van der Waals surface area contributed by atoms with Crippen LogP contribution in [0.1, 0.15) is 20.3 Å². The Hall–Kier alpha value is -0.930. The van der Waals surface area contributed by atoms with Crippen LogP contribution in [0.25, 0.3) is 0 Å². The predicted molar refractivity (Wildman–Crippen MR) is 72.8 cm³/mol. The number of nitrogens with one attached hydrogen (secondary N) is 2. The largest absolute Gasteiger partial charge is 0.382 e.